The van der Waals surface area contributed by atoms with Crippen molar-refractivity contribution in [3.05, 3.63) is 36.8 Å². The smallest absolute Gasteiger partial charge is 0.497 e. The van der Waals surface area contributed by atoms with Crippen LogP contribution in [0.3, 0.4) is 0 Å². The molecule has 1 radical (unpaired) electrons. The van der Waals surface area contributed by atoms with Crippen LogP contribution < -0.4 is 4.74 Å². The van der Waals surface area contributed by atoms with E-state index in [-0.39, 0.29) is 16.0 Å². The molecule has 2 nitrogen and oxygen atoms in total. The molecule has 0 amide bonds. The second-order valence-electron chi connectivity index (χ2n) is 2.86. The molecule has 0 atom stereocenters. The zero-order valence-electron chi connectivity index (χ0n) is 9.42. The molecule has 0 unspecified atom stereocenters. The van der Waals surface area contributed by atoms with Crippen LogP contribution in [-0.4, -0.2) is 29.7 Å². The first-order valence-electron chi connectivity index (χ1n) is 4.90. The lowest BCUT2D eigenvalue weighted by Crippen LogP contribution is -1.93. The van der Waals surface area contributed by atoms with Crippen LogP contribution in [0.2, 0.25) is 0 Å². The van der Waals surface area contributed by atoms with Crippen LogP contribution in [-0.2, 0) is 11.3 Å². The largest absolute Gasteiger partial charge is 0.560 e. The first kappa shape index (κ1) is 16.7. The molecule has 0 spiro atoms. The van der Waals surface area contributed by atoms with Crippen LogP contribution >= 0.6 is 25.8 Å². The van der Waals surface area contributed by atoms with Crippen molar-refractivity contribution in [2.24, 2.45) is 0 Å². The topological polar surface area (TPSA) is 18.5 Å². The first-order valence-corrected chi connectivity index (χ1v) is 12.7. The Balaban J connectivity index is 0.000000673. The predicted molar refractivity (Wildman–Crippen MR) is 76.2 cm³/mol. The number of halogens is 2. The fourth-order valence-electron chi connectivity index (χ4n) is 1.01. The predicted octanol–water partition coefficient (Wildman–Crippen LogP) is 3.75. The van der Waals surface area contributed by atoms with Crippen LogP contribution in [0.1, 0.15) is 12.0 Å². The summed E-state index contributed by atoms with van der Waals surface area (Å²) in [5.41, 5.74) is 1.16. The highest BCUT2D eigenvalue weighted by Crippen LogP contribution is 2.11. The molecule has 0 aliphatic heterocycles. The Morgan fingerprint density at radius 1 is 1.25 bits per heavy atom. The maximum absolute atomic E-state index is 5.34. The maximum atomic E-state index is 5.34. The summed E-state index contributed by atoms with van der Waals surface area (Å²) in [7, 11) is 1.66. The van der Waals surface area contributed by atoms with Crippen LogP contribution in [0.4, 0.5) is 0 Å². The molecule has 0 aliphatic rings. The van der Waals surface area contributed by atoms with E-state index in [1.807, 2.05) is 24.3 Å². The van der Waals surface area contributed by atoms with Crippen molar-refractivity contribution in [3.8, 4) is 5.75 Å². The van der Waals surface area contributed by atoms with E-state index in [1.165, 1.54) is 0 Å². The highest BCUT2D eigenvalue weighted by molar-refractivity contribution is 9.47. The maximum Gasteiger partial charge on any atom is 0.560 e. The van der Waals surface area contributed by atoms with Crippen molar-refractivity contribution >= 4 is 41.8 Å². The molecule has 0 fully saturated rings. The minimum atomic E-state index is 0.0417. The molecular formula is C11H15Br2MgO2. The van der Waals surface area contributed by atoms with Gasteiger partial charge in [0, 0.05) is 6.61 Å². The highest BCUT2D eigenvalue weighted by atomic mass is 79.9. The second kappa shape index (κ2) is 12.2. The Morgan fingerprint density at radius 3 is 2.25 bits per heavy atom. The van der Waals surface area contributed by atoms with Crippen LogP contribution in [0.15, 0.2) is 24.3 Å². The SMILES string of the molecule is [Br][Mg][Br].[CH2]CCOCc1ccc(OC)cc1. The van der Waals surface area contributed by atoms with Crippen molar-refractivity contribution in [2.45, 2.75) is 13.0 Å². The molecule has 1 rings (SSSR count). The van der Waals surface area contributed by atoms with Crippen LogP contribution in [0.5, 0.6) is 5.75 Å². The average Bonchev–Trinajstić information content (AvgIpc) is 2.31. The van der Waals surface area contributed by atoms with E-state index in [0.717, 1.165) is 17.7 Å². The molecule has 87 valence electrons. The Kier molecular flexibility index (Phi) is 12.7. The summed E-state index contributed by atoms with van der Waals surface area (Å²) >= 11 is 6.44. The second-order valence-corrected chi connectivity index (χ2v) is 10.9. The molecule has 0 heterocycles. The Labute approximate surface area is 120 Å². The van der Waals surface area contributed by atoms with E-state index in [4.69, 9.17) is 9.47 Å². The number of ether oxygens (including phenoxy) is 2. The first-order chi connectivity index (χ1) is 7.78. The molecule has 0 aromatic heterocycles. The monoisotopic (exact) mass is 361 g/mol. The third-order valence-corrected chi connectivity index (χ3v) is 1.72. The van der Waals surface area contributed by atoms with Gasteiger partial charge in [-0.1, -0.05) is 19.1 Å². The molecule has 0 saturated carbocycles. The van der Waals surface area contributed by atoms with Crippen molar-refractivity contribution < 1.29 is 9.47 Å². The molecule has 16 heavy (non-hydrogen) atoms. The number of hydrogen-bond acceptors (Lipinski definition) is 2. The van der Waals surface area contributed by atoms with E-state index in [2.05, 4.69) is 32.7 Å². The summed E-state index contributed by atoms with van der Waals surface area (Å²) in [5.74, 6) is 0.876. The molecule has 1 aromatic rings. The normalized spacial score (nSPS) is 8.75. The van der Waals surface area contributed by atoms with Gasteiger partial charge in [0.1, 0.15) is 5.75 Å². The van der Waals surface area contributed by atoms with Crippen molar-refractivity contribution in [2.75, 3.05) is 13.7 Å². The number of rotatable bonds is 5. The van der Waals surface area contributed by atoms with Gasteiger partial charge < -0.3 is 9.47 Å². The Bertz CT molecular complexity index is 255. The number of hydrogen-bond donors (Lipinski definition) is 0. The fourth-order valence-corrected chi connectivity index (χ4v) is 1.01. The minimum absolute atomic E-state index is 0.0417. The summed E-state index contributed by atoms with van der Waals surface area (Å²) < 4.78 is 10.4. The summed E-state index contributed by atoms with van der Waals surface area (Å²) in [6, 6.07) is 7.87. The van der Waals surface area contributed by atoms with Gasteiger partial charge in [-0.3, -0.25) is 25.8 Å². The third-order valence-electron chi connectivity index (χ3n) is 1.72. The quantitative estimate of drug-likeness (QED) is 0.586. The Morgan fingerprint density at radius 2 is 1.81 bits per heavy atom. The third kappa shape index (κ3) is 8.81. The van der Waals surface area contributed by atoms with Gasteiger partial charge in [-0.2, -0.15) is 0 Å². The minimum Gasteiger partial charge on any atom is -0.497 e. The van der Waals surface area contributed by atoms with Gasteiger partial charge in [-0.05, 0) is 24.1 Å². The van der Waals surface area contributed by atoms with Crippen molar-refractivity contribution in [3.63, 3.8) is 0 Å². The van der Waals surface area contributed by atoms with Gasteiger partial charge in [0.15, 0.2) is 0 Å². The van der Waals surface area contributed by atoms with E-state index in [9.17, 15) is 0 Å². The lowest BCUT2D eigenvalue weighted by molar-refractivity contribution is 0.125. The summed E-state index contributed by atoms with van der Waals surface area (Å²) in [4.78, 5) is 0. The highest BCUT2D eigenvalue weighted by Gasteiger charge is 1.93. The average molecular weight is 363 g/mol. The summed E-state index contributed by atoms with van der Waals surface area (Å²) in [6.45, 7) is 5.07. The zero-order chi connectivity index (χ0) is 12.2. The van der Waals surface area contributed by atoms with Crippen LogP contribution in [0, 0.1) is 6.92 Å². The number of methoxy groups -OCH3 is 1. The summed E-state index contributed by atoms with van der Waals surface area (Å²) in [6.07, 6.45) is 0.816. The Hall–Kier alpha value is 0.706. The van der Waals surface area contributed by atoms with Crippen LogP contribution in [0.25, 0.3) is 0 Å². The number of benzene rings is 1. The van der Waals surface area contributed by atoms with Gasteiger partial charge in [-0.15, -0.1) is 0 Å². The standard InChI is InChI=1S/C11H15O2.2BrH.Mg/c1-3-8-13-9-10-4-6-11(12-2)7-5-10;;;/h4-7H,1,3,8-9H2,2H3;2*1H;/q;;;+2/p-2. The zero-order valence-corrected chi connectivity index (χ0v) is 14.0. The molecule has 0 bridgehead atoms. The molecule has 0 aliphatic carbocycles. The van der Waals surface area contributed by atoms with Gasteiger partial charge in [0.05, 0.1) is 13.7 Å². The van der Waals surface area contributed by atoms with E-state index < -0.39 is 0 Å². The molecule has 0 N–H and O–H groups in total. The molecule has 0 saturated heterocycles. The van der Waals surface area contributed by atoms with E-state index >= 15 is 0 Å². The van der Waals surface area contributed by atoms with Gasteiger partial charge in [0.25, 0.3) is 0 Å². The molecular weight excluding hydrogens is 348 g/mol. The molecule has 5 heteroatoms. The van der Waals surface area contributed by atoms with Gasteiger partial charge in [-0.25, -0.2) is 0 Å². The summed E-state index contributed by atoms with van der Waals surface area (Å²) in [5, 5.41) is 0. The molecule has 1 aromatic carbocycles. The van der Waals surface area contributed by atoms with Crippen molar-refractivity contribution in [1.29, 1.82) is 0 Å². The lowest BCUT2D eigenvalue weighted by atomic mass is 10.2. The van der Waals surface area contributed by atoms with E-state index in [0.29, 0.717) is 13.2 Å². The van der Waals surface area contributed by atoms with Gasteiger partial charge >= 0.3 is 16.0 Å². The fraction of sp³-hybridized carbons (Fsp3) is 0.364. The van der Waals surface area contributed by atoms with E-state index in [1.54, 1.807) is 7.11 Å². The van der Waals surface area contributed by atoms with Gasteiger partial charge in [0.2, 0.25) is 0 Å². The lowest BCUT2D eigenvalue weighted by Gasteiger charge is -2.03. The van der Waals surface area contributed by atoms with Crippen molar-refractivity contribution in [1.82, 2.24) is 0 Å².